The number of nitrogens with zero attached hydrogens (tertiary/aromatic N) is 2. The first-order valence-corrected chi connectivity index (χ1v) is 11.6. The van der Waals surface area contributed by atoms with Crippen LogP contribution in [0.25, 0.3) is 21.3 Å². The second-order valence-electron chi connectivity index (χ2n) is 6.76. The van der Waals surface area contributed by atoms with Crippen LogP contribution >= 0.6 is 11.3 Å². The van der Waals surface area contributed by atoms with E-state index in [0.717, 1.165) is 21.3 Å². The van der Waals surface area contributed by atoms with Gasteiger partial charge in [0.05, 0.1) is 31.1 Å². The van der Waals surface area contributed by atoms with Crippen molar-refractivity contribution in [1.82, 2.24) is 9.97 Å². The van der Waals surface area contributed by atoms with Crippen LogP contribution < -0.4 is 14.8 Å². The van der Waals surface area contributed by atoms with Gasteiger partial charge in [-0.1, -0.05) is 6.07 Å². The summed E-state index contributed by atoms with van der Waals surface area (Å²) in [6, 6.07) is 5.61. The van der Waals surface area contributed by atoms with E-state index in [0.29, 0.717) is 29.6 Å². The molecule has 3 heterocycles. The molecule has 1 aromatic carbocycles. The van der Waals surface area contributed by atoms with Crippen molar-refractivity contribution in [2.45, 2.75) is 19.4 Å². The molecule has 0 radical (unpaired) electrons. The third kappa shape index (κ3) is 3.51. The number of anilines is 1. The number of hydrogen-bond donors (Lipinski definition) is 1. The third-order valence-electron chi connectivity index (χ3n) is 4.81. The first-order valence-electron chi connectivity index (χ1n) is 8.85. The van der Waals surface area contributed by atoms with Gasteiger partial charge in [0, 0.05) is 17.0 Å². The topological polar surface area (TPSA) is 90.4 Å². The summed E-state index contributed by atoms with van der Waals surface area (Å²) < 4.78 is 34.4. The average molecular weight is 420 g/mol. The number of methoxy groups -OCH3 is 2. The van der Waals surface area contributed by atoms with Crippen LogP contribution in [0.2, 0.25) is 0 Å². The van der Waals surface area contributed by atoms with Gasteiger partial charge in [-0.25, -0.2) is 18.4 Å². The van der Waals surface area contributed by atoms with Crippen molar-refractivity contribution in [2.24, 2.45) is 0 Å². The number of sulfone groups is 1. The van der Waals surface area contributed by atoms with Gasteiger partial charge in [-0.05, 0) is 31.0 Å². The number of ether oxygens (including phenoxy) is 2. The predicted molar refractivity (Wildman–Crippen MR) is 111 cm³/mol. The maximum Gasteiger partial charge on any atom is 0.161 e. The SMILES string of the molecule is COc1ccc(-c2csc3nc(C)nc(N[C@H]4CCS(=O)(=O)C4)c23)cc1OC. The molecule has 7 nitrogen and oxygen atoms in total. The summed E-state index contributed by atoms with van der Waals surface area (Å²) in [6.45, 7) is 1.84. The van der Waals surface area contributed by atoms with Crippen LogP contribution in [-0.2, 0) is 9.84 Å². The fraction of sp³-hybridized carbons (Fsp3) is 0.368. The normalized spacial score (nSPS) is 18.3. The minimum atomic E-state index is -2.98. The molecule has 0 unspecified atom stereocenters. The highest BCUT2D eigenvalue weighted by atomic mass is 32.2. The minimum Gasteiger partial charge on any atom is -0.493 e. The van der Waals surface area contributed by atoms with Gasteiger partial charge in [-0.3, -0.25) is 0 Å². The number of nitrogens with one attached hydrogen (secondary N) is 1. The molecule has 0 aliphatic carbocycles. The molecule has 1 N–H and O–H groups in total. The van der Waals surface area contributed by atoms with Crippen LogP contribution in [-0.4, -0.2) is 50.2 Å². The monoisotopic (exact) mass is 419 g/mol. The van der Waals surface area contributed by atoms with Crippen LogP contribution in [0, 0.1) is 6.92 Å². The van der Waals surface area contributed by atoms with Gasteiger partial charge in [0.2, 0.25) is 0 Å². The van der Waals surface area contributed by atoms with Gasteiger partial charge < -0.3 is 14.8 Å². The maximum absolute atomic E-state index is 11.8. The minimum absolute atomic E-state index is 0.132. The third-order valence-corrected chi connectivity index (χ3v) is 7.45. The Morgan fingerprint density at radius 2 is 1.96 bits per heavy atom. The van der Waals surface area contributed by atoms with Crippen molar-refractivity contribution < 1.29 is 17.9 Å². The lowest BCUT2D eigenvalue weighted by molar-refractivity contribution is 0.355. The Hall–Kier alpha value is -2.39. The molecular weight excluding hydrogens is 398 g/mol. The van der Waals surface area contributed by atoms with Gasteiger partial charge in [-0.15, -0.1) is 11.3 Å². The van der Waals surface area contributed by atoms with E-state index < -0.39 is 9.84 Å². The van der Waals surface area contributed by atoms with E-state index >= 15 is 0 Å². The Kier molecular flexibility index (Phi) is 4.88. The summed E-state index contributed by atoms with van der Waals surface area (Å²) in [5.41, 5.74) is 1.93. The zero-order chi connectivity index (χ0) is 19.9. The van der Waals surface area contributed by atoms with Crippen molar-refractivity contribution in [2.75, 3.05) is 31.0 Å². The first kappa shape index (κ1) is 18.9. The van der Waals surface area contributed by atoms with E-state index in [1.54, 1.807) is 14.2 Å². The van der Waals surface area contributed by atoms with E-state index in [1.807, 2.05) is 30.5 Å². The van der Waals surface area contributed by atoms with E-state index in [9.17, 15) is 8.42 Å². The van der Waals surface area contributed by atoms with Gasteiger partial charge in [0.25, 0.3) is 0 Å². The molecule has 0 spiro atoms. The van der Waals surface area contributed by atoms with E-state index in [4.69, 9.17) is 9.47 Å². The lowest BCUT2D eigenvalue weighted by Crippen LogP contribution is -2.21. The van der Waals surface area contributed by atoms with Crippen molar-refractivity contribution >= 4 is 37.2 Å². The molecule has 0 bridgehead atoms. The van der Waals surface area contributed by atoms with Crippen LogP contribution in [0.5, 0.6) is 11.5 Å². The molecule has 0 amide bonds. The lowest BCUT2D eigenvalue weighted by Gasteiger charge is -2.14. The molecule has 0 saturated carbocycles. The molecule has 1 aliphatic heterocycles. The van der Waals surface area contributed by atoms with Crippen molar-refractivity contribution in [1.29, 1.82) is 0 Å². The van der Waals surface area contributed by atoms with Crippen LogP contribution in [0.3, 0.4) is 0 Å². The summed E-state index contributed by atoms with van der Waals surface area (Å²) >= 11 is 1.54. The van der Waals surface area contributed by atoms with Crippen LogP contribution in [0.4, 0.5) is 5.82 Å². The van der Waals surface area contributed by atoms with Crippen LogP contribution in [0.15, 0.2) is 23.6 Å². The molecule has 148 valence electrons. The Morgan fingerprint density at radius 1 is 1.18 bits per heavy atom. The molecule has 1 fully saturated rings. The van der Waals surface area contributed by atoms with Crippen molar-refractivity contribution in [3.05, 3.63) is 29.4 Å². The molecular formula is C19H21N3O4S2. The number of hydrogen-bond acceptors (Lipinski definition) is 8. The Labute approximate surface area is 167 Å². The van der Waals surface area contributed by atoms with Crippen LogP contribution in [0.1, 0.15) is 12.2 Å². The number of aromatic nitrogens is 2. The summed E-state index contributed by atoms with van der Waals surface area (Å²) in [5.74, 6) is 2.97. The first-order chi connectivity index (χ1) is 13.4. The Morgan fingerprint density at radius 3 is 2.64 bits per heavy atom. The molecule has 9 heteroatoms. The van der Waals surface area contributed by atoms with E-state index in [1.165, 1.54) is 11.3 Å². The van der Waals surface area contributed by atoms with Gasteiger partial charge in [0.1, 0.15) is 16.5 Å². The van der Waals surface area contributed by atoms with Gasteiger partial charge >= 0.3 is 0 Å². The molecule has 2 aromatic heterocycles. The van der Waals surface area contributed by atoms with E-state index in [2.05, 4.69) is 15.3 Å². The fourth-order valence-electron chi connectivity index (χ4n) is 3.47. The highest BCUT2D eigenvalue weighted by molar-refractivity contribution is 7.91. The molecule has 1 saturated heterocycles. The number of benzene rings is 1. The van der Waals surface area contributed by atoms with E-state index in [-0.39, 0.29) is 17.5 Å². The standard InChI is InChI=1S/C19H21N3O4S2/c1-11-20-18(22-13-6-7-28(23,24)10-13)17-14(9-27-19(17)21-11)12-4-5-15(25-2)16(8-12)26-3/h4-5,8-9,13H,6-7,10H2,1-3H3,(H,20,21,22)/t13-/m0/s1. The second kappa shape index (κ2) is 7.21. The maximum atomic E-state index is 11.8. The molecule has 28 heavy (non-hydrogen) atoms. The van der Waals surface area contributed by atoms with Crippen molar-refractivity contribution in [3.63, 3.8) is 0 Å². The Balaban J connectivity index is 1.80. The molecule has 1 atom stereocenters. The summed E-state index contributed by atoms with van der Waals surface area (Å²) in [6.07, 6.45) is 0.586. The van der Waals surface area contributed by atoms with Crippen molar-refractivity contribution in [3.8, 4) is 22.6 Å². The summed E-state index contributed by atoms with van der Waals surface area (Å²) in [4.78, 5) is 10.00. The highest BCUT2D eigenvalue weighted by Gasteiger charge is 2.29. The largest absolute Gasteiger partial charge is 0.493 e. The van der Waals surface area contributed by atoms with Gasteiger partial charge in [0.15, 0.2) is 21.3 Å². The number of thiophene rings is 1. The molecule has 4 rings (SSSR count). The Bertz CT molecular complexity index is 1140. The van der Waals surface area contributed by atoms with Gasteiger partial charge in [-0.2, -0.15) is 0 Å². The molecule has 3 aromatic rings. The second-order valence-corrected chi connectivity index (χ2v) is 9.85. The predicted octanol–water partition coefficient (Wildman–Crippen LogP) is 3.28. The smallest absolute Gasteiger partial charge is 0.161 e. The lowest BCUT2D eigenvalue weighted by atomic mass is 10.0. The number of aryl methyl sites for hydroxylation is 1. The fourth-order valence-corrected chi connectivity index (χ4v) is 6.14. The summed E-state index contributed by atoms with van der Waals surface area (Å²) in [7, 11) is 0.229. The molecule has 1 aliphatic rings. The average Bonchev–Trinajstić information content (AvgIpc) is 3.23. The highest BCUT2D eigenvalue weighted by Crippen LogP contribution is 2.40. The quantitative estimate of drug-likeness (QED) is 0.679. The number of fused-ring (bicyclic) bond motifs is 1. The summed E-state index contributed by atoms with van der Waals surface area (Å²) in [5, 5.41) is 6.28. The zero-order valence-corrected chi connectivity index (χ0v) is 17.5. The number of rotatable bonds is 5. The zero-order valence-electron chi connectivity index (χ0n) is 15.9.